The van der Waals surface area contributed by atoms with Crippen LogP contribution in [0.5, 0.6) is 0 Å². The second-order valence-electron chi connectivity index (χ2n) is 13.7. The number of aromatic nitrogens is 1. The molecular formula is C43H59N3. The molecule has 0 radical (unpaired) electrons. The van der Waals surface area contributed by atoms with Crippen LogP contribution >= 0.6 is 0 Å². The Morgan fingerprint density at radius 1 is 0.761 bits per heavy atom. The Bertz CT molecular complexity index is 1510. The van der Waals surface area contributed by atoms with Gasteiger partial charge in [0.2, 0.25) is 0 Å². The second-order valence-corrected chi connectivity index (χ2v) is 13.7. The number of benzene rings is 3. The molecule has 46 heavy (non-hydrogen) atoms. The van der Waals surface area contributed by atoms with Crippen molar-refractivity contribution in [1.29, 1.82) is 0 Å². The highest BCUT2D eigenvalue weighted by Crippen LogP contribution is 2.33. The zero-order valence-corrected chi connectivity index (χ0v) is 29.1. The van der Waals surface area contributed by atoms with Crippen LogP contribution in [0.3, 0.4) is 0 Å². The van der Waals surface area contributed by atoms with Crippen molar-refractivity contribution in [3.63, 3.8) is 0 Å². The van der Waals surface area contributed by atoms with Crippen LogP contribution in [0.2, 0.25) is 0 Å². The van der Waals surface area contributed by atoms with Crippen LogP contribution in [-0.4, -0.2) is 24.2 Å². The summed E-state index contributed by atoms with van der Waals surface area (Å²) in [5, 5.41) is 4.85. The van der Waals surface area contributed by atoms with Crippen molar-refractivity contribution >= 4 is 16.6 Å². The van der Waals surface area contributed by atoms with Crippen molar-refractivity contribution in [2.75, 3.05) is 24.5 Å². The minimum Gasteiger partial charge on any atom is -0.347 e. The molecule has 0 amide bonds. The summed E-state index contributed by atoms with van der Waals surface area (Å²) < 4.78 is 2.43. The molecule has 2 aliphatic rings. The van der Waals surface area contributed by atoms with E-state index in [1.54, 1.807) is 0 Å². The molecule has 3 aromatic carbocycles. The van der Waals surface area contributed by atoms with Gasteiger partial charge in [0, 0.05) is 41.6 Å². The minimum absolute atomic E-state index is 0.764. The number of nitrogens with zero attached hydrogens (tertiary/aromatic N) is 2. The highest BCUT2D eigenvalue weighted by molar-refractivity contribution is 5.83. The first-order chi connectivity index (χ1) is 22.6. The van der Waals surface area contributed by atoms with E-state index in [-0.39, 0.29) is 0 Å². The van der Waals surface area contributed by atoms with Gasteiger partial charge in [-0.25, -0.2) is 0 Å². The maximum atomic E-state index is 4.27. The third kappa shape index (κ3) is 9.16. The van der Waals surface area contributed by atoms with Crippen LogP contribution < -0.4 is 10.2 Å². The molecule has 0 saturated carbocycles. The summed E-state index contributed by atoms with van der Waals surface area (Å²) in [6.45, 7) is 15.6. The average Bonchev–Trinajstić information content (AvgIpc) is 3.42. The molecule has 2 aliphatic heterocycles. The van der Waals surface area contributed by atoms with Gasteiger partial charge < -0.3 is 14.8 Å². The fourth-order valence-electron chi connectivity index (χ4n) is 7.41. The summed E-state index contributed by atoms with van der Waals surface area (Å²) in [5.41, 5.74) is 11.5. The van der Waals surface area contributed by atoms with E-state index < -0.39 is 0 Å². The van der Waals surface area contributed by atoms with Crippen LogP contribution in [-0.2, 0) is 25.8 Å². The Morgan fingerprint density at radius 3 is 2.30 bits per heavy atom. The zero-order chi connectivity index (χ0) is 32.1. The van der Waals surface area contributed by atoms with Crippen LogP contribution in [0.4, 0.5) is 5.69 Å². The number of hydrogen-bond acceptors (Lipinski definition) is 2. The predicted octanol–water partition coefficient (Wildman–Crippen LogP) is 10.9. The van der Waals surface area contributed by atoms with Crippen molar-refractivity contribution < 1.29 is 0 Å². The van der Waals surface area contributed by atoms with Crippen molar-refractivity contribution in [2.45, 2.75) is 117 Å². The third-order valence-electron chi connectivity index (χ3n) is 10.2. The van der Waals surface area contributed by atoms with Gasteiger partial charge in [0.15, 0.2) is 0 Å². The molecule has 1 fully saturated rings. The number of aryl methyl sites for hydroxylation is 5. The van der Waals surface area contributed by atoms with Crippen molar-refractivity contribution in [2.24, 2.45) is 0 Å². The molecule has 0 atom stereocenters. The fourth-order valence-corrected chi connectivity index (χ4v) is 7.41. The molecule has 4 aromatic rings. The first-order valence-corrected chi connectivity index (χ1v) is 18.5. The SMILES string of the molecule is C=C1CCc2ccc(CCC)cc2N1CCCCC.Cc1cn(CCCCCc2ccc(C3CCNCC3)cc2)c2ccccc12. The quantitative estimate of drug-likeness (QED) is 0.151. The Kier molecular flexibility index (Phi) is 13.0. The lowest BCUT2D eigenvalue weighted by molar-refractivity contribution is 0.460. The van der Waals surface area contributed by atoms with Crippen molar-refractivity contribution in [1.82, 2.24) is 9.88 Å². The summed E-state index contributed by atoms with van der Waals surface area (Å²) in [5.74, 6) is 0.764. The molecule has 3 heterocycles. The number of piperidine rings is 1. The van der Waals surface area contributed by atoms with E-state index >= 15 is 0 Å². The van der Waals surface area contributed by atoms with Gasteiger partial charge in [-0.15, -0.1) is 0 Å². The number of allylic oxidation sites excluding steroid dienone is 1. The van der Waals surface area contributed by atoms with Crippen LogP contribution in [0.25, 0.3) is 10.9 Å². The number of nitrogens with one attached hydrogen (secondary N) is 1. The molecule has 0 bridgehead atoms. The summed E-state index contributed by atoms with van der Waals surface area (Å²) in [4.78, 5) is 2.47. The molecule has 6 rings (SSSR count). The van der Waals surface area contributed by atoms with Crippen molar-refractivity contribution in [3.8, 4) is 0 Å². The second kappa shape index (κ2) is 17.6. The number of rotatable bonds is 13. The minimum atomic E-state index is 0.764. The van der Waals surface area contributed by atoms with E-state index in [0.29, 0.717) is 0 Å². The summed E-state index contributed by atoms with van der Waals surface area (Å²) in [7, 11) is 0. The van der Waals surface area contributed by atoms with Gasteiger partial charge in [0.05, 0.1) is 0 Å². The Balaban J connectivity index is 0.000000193. The molecule has 3 heteroatoms. The molecule has 0 aliphatic carbocycles. The first-order valence-electron chi connectivity index (χ1n) is 18.5. The van der Waals surface area contributed by atoms with E-state index in [0.717, 1.165) is 31.8 Å². The van der Waals surface area contributed by atoms with Gasteiger partial charge in [0.1, 0.15) is 0 Å². The van der Waals surface area contributed by atoms with Gasteiger partial charge in [-0.1, -0.05) is 101 Å². The van der Waals surface area contributed by atoms with E-state index in [9.17, 15) is 0 Å². The number of hydrogen-bond donors (Lipinski definition) is 1. The van der Waals surface area contributed by atoms with Crippen LogP contribution in [0.15, 0.2) is 85.2 Å². The van der Waals surface area contributed by atoms with Gasteiger partial charge in [-0.05, 0) is 124 Å². The van der Waals surface area contributed by atoms with Crippen LogP contribution in [0, 0.1) is 6.92 Å². The number of anilines is 1. The standard InChI is InChI=1S/C25H32N2.C18H27N/c1-20-19-27(25-9-5-4-8-24(20)25)18-6-2-3-7-21-10-12-22(13-11-21)23-14-16-26-17-15-23;1-4-6-7-13-19-15(3)9-11-17-12-10-16(8-5-2)14-18(17)19/h4-5,8-13,19,23,26H,2-3,6-7,14-18H2,1H3;10,12,14H,3-9,11,13H2,1-2H3. The first kappa shape index (κ1) is 34.0. The largest absolute Gasteiger partial charge is 0.347 e. The highest BCUT2D eigenvalue weighted by atomic mass is 15.1. The Morgan fingerprint density at radius 2 is 1.52 bits per heavy atom. The predicted molar refractivity (Wildman–Crippen MR) is 200 cm³/mol. The molecule has 1 N–H and O–H groups in total. The maximum absolute atomic E-state index is 4.27. The fraction of sp³-hybridized carbons (Fsp3) is 0.488. The van der Waals surface area contributed by atoms with E-state index in [2.05, 4.69) is 115 Å². The summed E-state index contributed by atoms with van der Waals surface area (Å²) in [6, 6.07) is 25.3. The number of fused-ring (bicyclic) bond motifs is 2. The maximum Gasteiger partial charge on any atom is 0.0483 e. The number of para-hydroxylation sites is 1. The van der Waals surface area contributed by atoms with Gasteiger partial charge in [0.25, 0.3) is 0 Å². The molecule has 246 valence electrons. The zero-order valence-electron chi connectivity index (χ0n) is 29.1. The van der Waals surface area contributed by atoms with Gasteiger partial charge >= 0.3 is 0 Å². The van der Waals surface area contributed by atoms with Crippen LogP contribution in [0.1, 0.15) is 112 Å². The summed E-state index contributed by atoms with van der Waals surface area (Å²) in [6.07, 6.45) is 18.5. The lowest BCUT2D eigenvalue weighted by Gasteiger charge is -2.33. The molecule has 1 saturated heterocycles. The molecule has 1 aromatic heterocycles. The Labute approximate surface area is 280 Å². The normalized spacial score (nSPS) is 15.1. The van der Waals surface area contributed by atoms with E-state index in [1.165, 1.54) is 134 Å². The Hall–Kier alpha value is -3.30. The summed E-state index contributed by atoms with van der Waals surface area (Å²) >= 11 is 0. The van der Waals surface area contributed by atoms with Crippen molar-refractivity contribution in [3.05, 3.63) is 113 Å². The lowest BCUT2D eigenvalue weighted by atomic mass is 9.89. The average molecular weight is 618 g/mol. The monoisotopic (exact) mass is 617 g/mol. The molecule has 3 nitrogen and oxygen atoms in total. The van der Waals surface area contributed by atoms with E-state index in [1.807, 2.05) is 0 Å². The lowest BCUT2D eigenvalue weighted by Crippen LogP contribution is -2.28. The number of unbranched alkanes of at least 4 members (excludes halogenated alkanes) is 4. The molecule has 0 unspecified atom stereocenters. The van der Waals surface area contributed by atoms with Gasteiger partial charge in [-0.3, -0.25) is 0 Å². The van der Waals surface area contributed by atoms with E-state index in [4.69, 9.17) is 0 Å². The third-order valence-corrected chi connectivity index (χ3v) is 10.2. The van der Waals surface area contributed by atoms with Gasteiger partial charge in [-0.2, -0.15) is 0 Å². The highest BCUT2D eigenvalue weighted by Gasteiger charge is 2.20. The molecule has 0 spiro atoms. The molecular weight excluding hydrogens is 558 g/mol. The topological polar surface area (TPSA) is 20.2 Å². The smallest absolute Gasteiger partial charge is 0.0483 e.